The summed E-state index contributed by atoms with van der Waals surface area (Å²) >= 11 is 0. The van der Waals surface area contributed by atoms with Crippen molar-refractivity contribution in [3.05, 3.63) is 0 Å². The Kier molecular flexibility index (Phi) is 4.80. The molecule has 12 heavy (non-hydrogen) atoms. The van der Waals surface area contributed by atoms with Gasteiger partial charge in [-0.25, -0.2) is 0 Å². The van der Waals surface area contributed by atoms with Crippen molar-refractivity contribution in [3.63, 3.8) is 0 Å². The van der Waals surface area contributed by atoms with E-state index in [0.717, 1.165) is 6.42 Å². The largest absolute Gasteiger partial charge is 0.377 e. The highest BCUT2D eigenvalue weighted by Gasteiger charge is 2.24. The van der Waals surface area contributed by atoms with Gasteiger partial charge < -0.3 is 10.5 Å². The first-order valence-electron chi connectivity index (χ1n) is 4.77. The molecule has 0 aromatic rings. The first-order valence-corrected chi connectivity index (χ1v) is 4.77. The molecule has 2 heteroatoms. The Morgan fingerprint density at radius 2 is 1.83 bits per heavy atom. The van der Waals surface area contributed by atoms with Gasteiger partial charge in [0, 0.05) is 6.04 Å². The van der Waals surface area contributed by atoms with Crippen molar-refractivity contribution in [1.82, 2.24) is 0 Å². The maximum absolute atomic E-state index is 5.99. The fourth-order valence-corrected chi connectivity index (χ4v) is 0.784. The van der Waals surface area contributed by atoms with E-state index in [0.29, 0.717) is 6.61 Å². The van der Waals surface area contributed by atoms with Crippen LogP contribution in [-0.4, -0.2) is 18.8 Å². The summed E-state index contributed by atoms with van der Waals surface area (Å²) in [5.74, 6) is 0. The molecule has 0 spiro atoms. The van der Waals surface area contributed by atoms with Crippen LogP contribution in [-0.2, 0) is 4.74 Å². The molecule has 0 aromatic carbocycles. The van der Waals surface area contributed by atoms with E-state index in [1.165, 1.54) is 0 Å². The van der Waals surface area contributed by atoms with Gasteiger partial charge in [-0.05, 0) is 25.7 Å². The molecular weight excluding hydrogens is 150 g/mol. The Labute approximate surface area is 76.5 Å². The SMILES string of the molecule is CCC(C)(C)C(N)COC(C)C. The maximum atomic E-state index is 5.99. The molecule has 2 N–H and O–H groups in total. The van der Waals surface area contributed by atoms with Crippen molar-refractivity contribution in [2.24, 2.45) is 11.1 Å². The quantitative estimate of drug-likeness (QED) is 0.691. The molecule has 0 rings (SSSR count). The molecule has 1 atom stereocenters. The van der Waals surface area contributed by atoms with Crippen LogP contribution in [0.3, 0.4) is 0 Å². The van der Waals surface area contributed by atoms with Gasteiger partial charge in [0.25, 0.3) is 0 Å². The van der Waals surface area contributed by atoms with Crippen LogP contribution >= 0.6 is 0 Å². The van der Waals surface area contributed by atoms with Gasteiger partial charge in [0.15, 0.2) is 0 Å². The first kappa shape index (κ1) is 11.9. The molecule has 74 valence electrons. The summed E-state index contributed by atoms with van der Waals surface area (Å²) in [5.41, 5.74) is 6.17. The second-order valence-electron chi connectivity index (χ2n) is 4.33. The fourth-order valence-electron chi connectivity index (χ4n) is 0.784. The normalized spacial score (nSPS) is 15.2. The van der Waals surface area contributed by atoms with E-state index in [4.69, 9.17) is 10.5 Å². The Balaban J connectivity index is 3.78. The first-order chi connectivity index (χ1) is 5.40. The molecule has 2 nitrogen and oxygen atoms in total. The van der Waals surface area contributed by atoms with Crippen LogP contribution in [0, 0.1) is 5.41 Å². The third kappa shape index (κ3) is 4.07. The fraction of sp³-hybridized carbons (Fsp3) is 1.00. The summed E-state index contributed by atoms with van der Waals surface area (Å²) in [6, 6.07) is 0.143. The molecule has 0 bridgehead atoms. The van der Waals surface area contributed by atoms with E-state index in [1.807, 2.05) is 13.8 Å². The van der Waals surface area contributed by atoms with E-state index in [-0.39, 0.29) is 17.6 Å². The van der Waals surface area contributed by atoms with Gasteiger partial charge in [-0.3, -0.25) is 0 Å². The summed E-state index contributed by atoms with van der Waals surface area (Å²) in [6.07, 6.45) is 1.37. The summed E-state index contributed by atoms with van der Waals surface area (Å²) < 4.78 is 5.47. The molecule has 0 fully saturated rings. The topological polar surface area (TPSA) is 35.2 Å². The number of hydrogen-bond acceptors (Lipinski definition) is 2. The minimum Gasteiger partial charge on any atom is -0.377 e. The van der Waals surface area contributed by atoms with E-state index in [9.17, 15) is 0 Å². The molecule has 0 radical (unpaired) electrons. The van der Waals surface area contributed by atoms with Crippen molar-refractivity contribution in [2.45, 2.75) is 53.2 Å². The van der Waals surface area contributed by atoms with Gasteiger partial charge in [0.05, 0.1) is 12.7 Å². The highest BCUT2D eigenvalue weighted by atomic mass is 16.5. The third-order valence-corrected chi connectivity index (χ3v) is 2.52. The zero-order chi connectivity index (χ0) is 9.78. The van der Waals surface area contributed by atoms with Crippen LogP contribution in [0.2, 0.25) is 0 Å². The molecule has 0 saturated heterocycles. The van der Waals surface area contributed by atoms with Crippen molar-refractivity contribution in [1.29, 1.82) is 0 Å². The van der Waals surface area contributed by atoms with E-state index in [1.54, 1.807) is 0 Å². The van der Waals surface area contributed by atoms with Crippen molar-refractivity contribution >= 4 is 0 Å². The summed E-state index contributed by atoms with van der Waals surface area (Å²) in [5, 5.41) is 0. The standard InChI is InChI=1S/C10H23NO/c1-6-10(4,5)9(11)7-12-8(2)3/h8-9H,6-7,11H2,1-5H3. The van der Waals surface area contributed by atoms with Crippen LogP contribution in [0.5, 0.6) is 0 Å². The van der Waals surface area contributed by atoms with Crippen LogP contribution < -0.4 is 5.73 Å². The summed E-state index contributed by atoms with van der Waals surface area (Å²) in [4.78, 5) is 0. The Morgan fingerprint density at radius 1 is 1.33 bits per heavy atom. The third-order valence-electron chi connectivity index (χ3n) is 2.52. The molecule has 0 amide bonds. The van der Waals surface area contributed by atoms with Crippen molar-refractivity contribution < 1.29 is 4.74 Å². The second-order valence-corrected chi connectivity index (χ2v) is 4.33. The van der Waals surface area contributed by atoms with Crippen LogP contribution in [0.25, 0.3) is 0 Å². The Morgan fingerprint density at radius 3 is 2.17 bits per heavy atom. The predicted octanol–water partition coefficient (Wildman–Crippen LogP) is 2.17. The molecule has 0 aliphatic rings. The minimum absolute atomic E-state index is 0.143. The molecule has 0 heterocycles. The highest BCUT2D eigenvalue weighted by Crippen LogP contribution is 2.23. The highest BCUT2D eigenvalue weighted by molar-refractivity contribution is 4.79. The lowest BCUT2D eigenvalue weighted by Gasteiger charge is -2.30. The van der Waals surface area contributed by atoms with Crippen molar-refractivity contribution in [2.75, 3.05) is 6.61 Å². The lowest BCUT2D eigenvalue weighted by Crippen LogP contribution is -2.41. The van der Waals surface area contributed by atoms with Crippen LogP contribution in [0.15, 0.2) is 0 Å². The average Bonchev–Trinajstić information content (AvgIpc) is 2.00. The number of rotatable bonds is 5. The van der Waals surface area contributed by atoms with E-state index < -0.39 is 0 Å². The predicted molar refractivity (Wildman–Crippen MR) is 53.1 cm³/mol. The summed E-state index contributed by atoms with van der Waals surface area (Å²) in [6.45, 7) is 11.3. The zero-order valence-corrected chi connectivity index (χ0v) is 9.05. The lowest BCUT2D eigenvalue weighted by molar-refractivity contribution is 0.0423. The Hall–Kier alpha value is -0.0800. The second kappa shape index (κ2) is 4.83. The summed E-state index contributed by atoms with van der Waals surface area (Å²) in [7, 11) is 0. The van der Waals surface area contributed by atoms with Gasteiger partial charge in [-0.15, -0.1) is 0 Å². The van der Waals surface area contributed by atoms with Crippen LogP contribution in [0.1, 0.15) is 41.0 Å². The number of nitrogens with two attached hydrogens (primary N) is 1. The lowest BCUT2D eigenvalue weighted by atomic mass is 9.83. The zero-order valence-electron chi connectivity index (χ0n) is 9.05. The molecule has 0 saturated carbocycles. The molecular formula is C10H23NO. The minimum atomic E-state index is 0.143. The smallest absolute Gasteiger partial charge is 0.0626 e. The number of hydrogen-bond donors (Lipinski definition) is 1. The van der Waals surface area contributed by atoms with Gasteiger partial charge in [0.2, 0.25) is 0 Å². The molecule has 0 aliphatic carbocycles. The van der Waals surface area contributed by atoms with Gasteiger partial charge >= 0.3 is 0 Å². The maximum Gasteiger partial charge on any atom is 0.0626 e. The van der Waals surface area contributed by atoms with Crippen LogP contribution in [0.4, 0.5) is 0 Å². The van der Waals surface area contributed by atoms with Gasteiger partial charge in [0.1, 0.15) is 0 Å². The molecule has 0 aromatic heterocycles. The van der Waals surface area contributed by atoms with E-state index in [2.05, 4.69) is 20.8 Å². The van der Waals surface area contributed by atoms with E-state index >= 15 is 0 Å². The number of ether oxygens (including phenoxy) is 1. The average molecular weight is 173 g/mol. The molecule has 0 aliphatic heterocycles. The monoisotopic (exact) mass is 173 g/mol. The van der Waals surface area contributed by atoms with Gasteiger partial charge in [-0.2, -0.15) is 0 Å². The van der Waals surface area contributed by atoms with Gasteiger partial charge in [-0.1, -0.05) is 20.8 Å². The van der Waals surface area contributed by atoms with Crippen molar-refractivity contribution in [3.8, 4) is 0 Å². The Bertz CT molecular complexity index is 121. The molecule has 1 unspecified atom stereocenters.